The molecule has 0 spiro atoms. The van der Waals surface area contributed by atoms with E-state index in [1.165, 1.54) is 0 Å². The van der Waals surface area contributed by atoms with Crippen LogP contribution in [0.1, 0.15) is 0 Å². The monoisotopic (exact) mass is 291 g/mol. The number of nitrogens with zero attached hydrogens (tertiary/aromatic N) is 3. The van der Waals surface area contributed by atoms with Crippen molar-refractivity contribution in [2.75, 3.05) is 0 Å². The molecule has 0 saturated carbocycles. The van der Waals surface area contributed by atoms with E-state index >= 15 is 0 Å². The average Bonchev–Trinajstić information content (AvgIpc) is 2.46. The molecule has 0 unspecified atom stereocenters. The van der Waals surface area contributed by atoms with Gasteiger partial charge in [-0.3, -0.25) is 19.5 Å². The van der Waals surface area contributed by atoms with Crippen LogP contribution in [-0.2, 0) is 11.5 Å². The normalized spacial score (nSPS) is 10.1. The van der Waals surface area contributed by atoms with Crippen LogP contribution in [0.2, 0.25) is 0 Å². The van der Waals surface area contributed by atoms with Crippen LogP contribution in [0.25, 0.3) is 11.4 Å². The predicted octanol–water partition coefficient (Wildman–Crippen LogP) is 1.47. The van der Waals surface area contributed by atoms with E-state index in [4.69, 9.17) is 5.11 Å². The number of hydrogen-bond donors (Lipinski definition) is 1. The number of rotatable bonds is 4. The van der Waals surface area contributed by atoms with Gasteiger partial charge in [-0.05, 0) is 0 Å². The number of aromatic nitrogens is 2. The van der Waals surface area contributed by atoms with Gasteiger partial charge in [-0.1, -0.05) is 30.3 Å². The van der Waals surface area contributed by atoms with Crippen molar-refractivity contribution >= 4 is 11.8 Å². The molecule has 1 aromatic heterocycles. The highest BCUT2D eigenvalue weighted by Crippen LogP contribution is 2.16. The van der Waals surface area contributed by atoms with Gasteiger partial charge in [0.1, 0.15) is 12.0 Å². The van der Waals surface area contributed by atoms with E-state index in [0.29, 0.717) is 5.56 Å². The number of benzene rings is 1. The van der Waals surface area contributed by atoms with Gasteiger partial charge in [0.15, 0.2) is 6.73 Å². The molecule has 21 heavy (non-hydrogen) atoms. The fourth-order valence-corrected chi connectivity index (χ4v) is 1.66. The first kappa shape index (κ1) is 14.2. The summed E-state index contributed by atoms with van der Waals surface area (Å²) in [6.45, 7) is -0.687. The summed E-state index contributed by atoms with van der Waals surface area (Å²) in [5.74, 6) is 0.0763. The van der Waals surface area contributed by atoms with Crippen LogP contribution >= 0.6 is 0 Å². The van der Waals surface area contributed by atoms with Gasteiger partial charge in [0, 0.05) is 5.56 Å². The van der Waals surface area contributed by atoms with Crippen molar-refractivity contribution in [3.8, 4) is 11.4 Å². The molecule has 9 heteroatoms. The second-order valence-corrected chi connectivity index (χ2v) is 3.86. The second kappa shape index (κ2) is 5.82. The highest BCUT2D eigenvalue weighted by atomic mass is 16.7. The van der Waals surface area contributed by atoms with Crippen molar-refractivity contribution in [3.05, 3.63) is 57.0 Å². The molecular weight excluding hydrogens is 282 g/mol. The van der Waals surface area contributed by atoms with E-state index in [1.807, 2.05) is 0 Å². The Morgan fingerprint density at radius 2 is 2.05 bits per heavy atom. The molecule has 0 atom stereocenters. The van der Waals surface area contributed by atoms with Crippen LogP contribution < -0.4 is 5.56 Å². The van der Waals surface area contributed by atoms with E-state index in [9.17, 15) is 19.7 Å². The number of ether oxygens (including phenoxy) is 1. The zero-order valence-corrected chi connectivity index (χ0v) is 10.5. The third kappa shape index (κ3) is 3.03. The van der Waals surface area contributed by atoms with Crippen molar-refractivity contribution in [3.63, 3.8) is 0 Å². The summed E-state index contributed by atoms with van der Waals surface area (Å²) >= 11 is 0. The molecule has 0 radical (unpaired) electrons. The zero-order valence-electron chi connectivity index (χ0n) is 10.5. The zero-order chi connectivity index (χ0) is 15.4. The molecule has 1 aromatic carbocycles. The molecule has 0 saturated heterocycles. The Labute approximate surface area is 117 Å². The van der Waals surface area contributed by atoms with Gasteiger partial charge in [-0.2, -0.15) is 0 Å². The highest BCUT2D eigenvalue weighted by molar-refractivity contribution is 5.57. The lowest BCUT2D eigenvalue weighted by molar-refractivity contribution is -0.386. The van der Waals surface area contributed by atoms with Crippen molar-refractivity contribution in [2.45, 2.75) is 6.73 Å². The van der Waals surface area contributed by atoms with Gasteiger partial charge in [0.05, 0.1) is 4.92 Å². The van der Waals surface area contributed by atoms with Crippen LogP contribution in [0.4, 0.5) is 10.5 Å². The molecule has 0 bridgehead atoms. The molecular formula is C12H9N3O6. The Hall–Kier alpha value is -3.23. The van der Waals surface area contributed by atoms with E-state index in [-0.39, 0.29) is 5.82 Å². The molecule has 1 N–H and O–H groups in total. The fourth-order valence-electron chi connectivity index (χ4n) is 1.66. The Morgan fingerprint density at radius 1 is 1.38 bits per heavy atom. The molecule has 1 heterocycles. The van der Waals surface area contributed by atoms with Crippen LogP contribution in [-0.4, -0.2) is 25.7 Å². The SMILES string of the molecule is O=C(O)OCn1c(-c2ccccc2)ncc([N+](=O)[O-])c1=O. The lowest BCUT2D eigenvalue weighted by atomic mass is 10.2. The van der Waals surface area contributed by atoms with E-state index in [0.717, 1.165) is 10.8 Å². The predicted molar refractivity (Wildman–Crippen MR) is 69.7 cm³/mol. The van der Waals surface area contributed by atoms with Crippen molar-refractivity contribution in [1.29, 1.82) is 0 Å². The fraction of sp³-hybridized carbons (Fsp3) is 0.0833. The summed E-state index contributed by atoms with van der Waals surface area (Å²) < 4.78 is 5.12. The standard InChI is InChI=1S/C12H9N3O6/c16-11-9(15(19)20)6-13-10(8-4-2-1-3-5-8)14(11)7-21-12(17)18/h1-6H,7H2,(H,17,18). The molecule has 0 aliphatic heterocycles. The minimum Gasteiger partial charge on any atom is -0.450 e. The van der Waals surface area contributed by atoms with Gasteiger partial charge >= 0.3 is 17.4 Å². The maximum atomic E-state index is 12.0. The highest BCUT2D eigenvalue weighted by Gasteiger charge is 2.20. The van der Waals surface area contributed by atoms with Gasteiger partial charge in [0.2, 0.25) is 0 Å². The molecule has 0 aliphatic carbocycles. The quantitative estimate of drug-likeness (QED) is 0.513. The summed E-state index contributed by atoms with van der Waals surface area (Å²) in [7, 11) is 0. The number of carbonyl (C=O) groups is 1. The molecule has 9 nitrogen and oxygen atoms in total. The first-order valence-electron chi connectivity index (χ1n) is 5.66. The van der Waals surface area contributed by atoms with Gasteiger partial charge in [-0.25, -0.2) is 9.78 Å². The smallest absolute Gasteiger partial charge is 0.450 e. The van der Waals surface area contributed by atoms with Gasteiger partial charge in [-0.15, -0.1) is 0 Å². The molecule has 0 amide bonds. The van der Waals surface area contributed by atoms with Crippen molar-refractivity contribution in [1.82, 2.24) is 9.55 Å². The Balaban J connectivity index is 2.59. The summed E-state index contributed by atoms with van der Waals surface area (Å²) in [6.07, 6.45) is -0.769. The van der Waals surface area contributed by atoms with Crippen LogP contribution in [0, 0.1) is 10.1 Å². The molecule has 0 aliphatic rings. The maximum absolute atomic E-state index is 12.0. The summed E-state index contributed by atoms with van der Waals surface area (Å²) in [6, 6.07) is 8.37. The van der Waals surface area contributed by atoms with Crippen LogP contribution in [0.3, 0.4) is 0 Å². The Kier molecular flexibility index (Phi) is 3.93. The van der Waals surface area contributed by atoms with Crippen LogP contribution in [0.15, 0.2) is 41.3 Å². The number of carboxylic acid groups (broad SMARTS) is 1. The summed E-state index contributed by atoms with van der Waals surface area (Å²) in [5.41, 5.74) is -1.25. The van der Waals surface area contributed by atoms with Gasteiger partial charge < -0.3 is 9.84 Å². The largest absolute Gasteiger partial charge is 0.507 e. The summed E-state index contributed by atoms with van der Waals surface area (Å²) in [5, 5.41) is 19.3. The molecule has 0 fully saturated rings. The first-order chi connectivity index (χ1) is 10.0. The van der Waals surface area contributed by atoms with Gasteiger partial charge in [0.25, 0.3) is 0 Å². The van der Waals surface area contributed by atoms with E-state index in [2.05, 4.69) is 9.72 Å². The van der Waals surface area contributed by atoms with Crippen LogP contribution in [0.5, 0.6) is 0 Å². The van der Waals surface area contributed by atoms with E-state index in [1.54, 1.807) is 30.3 Å². The number of nitro groups is 1. The minimum absolute atomic E-state index is 0.0763. The Bertz CT molecular complexity index is 740. The Morgan fingerprint density at radius 3 is 2.62 bits per heavy atom. The lowest BCUT2D eigenvalue weighted by Crippen LogP contribution is -2.27. The third-order valence-corrected chi connectivity index (χ3v) is 2.57. The van der Waals surface area contributed by atoms with Crippen molar-refractivity contribution < 1.29 is 19.6 Å². The lowest BCUT2D eigenvalue weighted by Gasteiger charge is -2.10. The molecule has 2 aromatic rings. The topological polar surface area (TPSA) is 125 Å². The van der Waals surface area contributed by atoms with E-state index < -0.39 is 29.1 Å². The first-order valence-corrected chi connectivity index (χ1v) is 5.66. The molecule has 2 rings (SSSR count). The second-order valence-electron chi connectivity index (χ2n) is 3.86. The average molecular weight is 291 g/mol. The molecule has 108 valence electrons. The minimum atomic E-state index is -1.60. The number of hydrogen-bond acceptors (Lipinski definition) is 6. The van der Waals surface area contributed by atoms with Crippen molar-refractivity contribution in [2.24, 2.45) is 0 Å². The summed E-state index contributed by atoms with van der Waals surface area (Å²) in [4.78, 5) is 36.2. The maximum Gasteiger partial charge on any atom is 0.507 e. The third-order valence-electron chi connectivity index (χ3n) is 2.57.